The zero-order valence-electron chi connectivity index (χ0n) is 18.2. The number of hydrogen-bond donors (Lipinski definition) is 1. The third kappa shape index (κ3) is 4.50. The lowest BCUT2D eigenvalue weighted by molar-refractivity contribution is -0.121. The molecule has 0 fully saturated rings. The molecule has 0 atom stereocenters. The Hall–Kier alpha value is -3.26. The van der Waals surface area contributed by atoms with Crippen molar-refractivity contribution < 1.29 is 13.2 Å². The standard InChI is InChI=1S/C24H26N4O3S/c1-17-20(18(2)28-24(26-17)21-11-6-7-12-22(21)27-28)13-14-23(29)25-15-8-16-32(30,31)19-9-4-3-5-10-19/h3-7,9-12H,8,13-16H2,1-2H3,(H,25,29). The summed E-state index contributed by atoms with van der Waals surface area (Å²) >= 11 is 0. The molecule has 0 radical (unpaired) electrons. The van der Waals surface area contributed by atoms with Crippen molar-refractivity contribution in [2.75, 3.05) is 12.3 Å². The number of carbonyl (C=O) groups excluding carboxylic acids is 1. The van der Waals surface area contributed by atoms with E-state index in [1.807, 2.05) is 42.6 Å². The number of aromatic nitrogens is 3. The molecule has 4 rings (SSSR count). The molecule has 2 aromatic carbocycles. The van der Waals surface area contributed by atoms with Crippen LogP contribution < -0.4 is 5.32 Å². The van der Waals surface area contributed by atoms with Gasteiger partial charge in [0.05, 0.1) is 16.2 Å². The Morgan fingerprint density at radius 1 is 1.03 bits per heavy atom. The Balaban J connectivity index is 1.34. The van der Waals surface area contributed by atoms with Crippen molar-refractivity contribution in [2.45, 2.75) is 38.0 Å². The van der Waals surface area contributed by atoms with Gasteiger partial charge in [0.15, 0.2) is 15.5 Å². The maximum atomic E-state index is 12.3. The second-order valence-electron chi connectivity index (χ2n) is 7.85. The third-order valence-corrected chi connectivity index (χ3v) is 7.45. The van der Waals surface area contributed by atoms with Gasteiger partial charge in [-0.1, -0.05) is 30.3 Å². The smallest absolute Gasteiger partial charge is 0.220 e. The number of amides is 1. The van der Waals surface area contributed by atoms with Crippen LogP contribution in [-0.2, 0) is 21.1 Å². The van der Waals surface area contributed by atoms with Crippen LogP contribution in [0.4, 0.5) is 0 Å². The highest BCUT2D eigenvalue weighted by molar-refractivity contribution is 7.91. The summed E-state index contributed by atoms with van der Waals surface area (Å²) in [6.45, 7) is 4.27. The molecule has 1 N–H and O–H groups in total. The second-order valence-corrected chi connectivity index (χ2v) is 9.96. The lowest BCUT2D eigenvalue weighted by atomic mass is 10.1. The molecule has 0 bridgehead atoms. The van der Waals surface area contributed by atoms with E-state index >= 15 is 0 Å². The Bertz CT molecular complexity index is 1380. The lowest BCUT2D eigenvalue weighted by Crippen LogP contribution is -2.26. The summed E-state index contributed by atoms with van der Waals surface area (Å²) in [5, 5.41) is 8.49. The van der Waals surface area contributed by atoms with Crippen molar-refractivity contribution in [1.29, 1.82) is 0 Å². The molecule has 2 aromatic heterocycles. The van der Waals surface area contributed by atoms with E-state index in [-0.39, 0.29) is 11.7 Å². The van der Waals surface area contributed by atoms with Crippen molar-refractivity contribution in [3.8, 4) is 0 Å². The van der Waals surface area contributed by atoms with Crippen molar-refractivity contribution in [2.24, 2.45) is 0 Å². The quantitative estimate of drug-likeness (QED) is 0.415. The molecule has 4 aromatic rings. The summed E-state index contributed by atoms with van der Waals surface area (Å²) in [6, 6.07) is 16.3. The molecule has 2 heterocycles. The summed E-state index contributed by atoms with van der Waals surface area (Å²) in [5.74, 6) is -0.102. The number of aryl methyl sites for hydroxylation is 2. The maximum Gasteiger partial charge on any atom is 0.220 e. The van der Waals surface area contributed by atoms with Crippen molar-refractivity contribution in [3.05, 3.63) is 71.5 Å². The van der Waals surface area contributed by atoms with Crippen LogP contribution in [-0.4, -0.2) is 41.2 Å². The van der Waals surface area contributed by atoms with Gasteiger partial charge in [0, 0.05) is 29.7 Å². The number of fused-ring (bicyclic) bond motifs is 3. The van der Waals surface area contributed by atoms with Gasteiger partial charge in [-0.2, -0.15) is 5.10 Å². The highest BCUT2D eigenvalue weighted by Crippen LogP contribution is 2.22. The van der Waals surface area contributed by atoms with Crippen LogP contribution in [0, 0.1) is 13.8 Å². The number of hydrogen-bond acceptors (Lipinski definition) is 5. The van der Waals surface area contributed by atoms with E-state index in [0.29, 0.717) is 30.7 Å². The Kier molecular flexibility index (Phi) is 6.23. The number of benzene rings is 2. The van der Waals surface area contributed by atoms with E-state index in [1.54, 1.807) is 30.3 Å². The van der Waals surface area contributed by atoms with Crippen molar-refractivity contribution in [1.82, 2.24) is 19.9 Å². The minimum atomic E-state index is -3.33. The van der Waals surface area contributed by atoms with Crippen molar-refractivity contribution >= 4 is 32.3 Å². The van der Waals surface area contributed by atoms with E-state index in [0.717, 1.165) is 33.5 Å². The summed E-state index contributed by atoms with van der Waals surface area (Å²) in [4.78, 5) is 17.4. The molecule has 0 unspecified atom stereocenters. The number of rotatable bonds is 8. The molecule has 32 heavy (non-hydrogen) atoms. The molecule has 0 saturated carbocycles. The summed E-state index contributed by atoms with van der Waals surface area (Å²) < 4.78 is 26.5. The molecular formula is C24H26N4O3S. The molecule has 1 amide bonds. The maximum absolute atomic E-state index is 12.3. The Morgan fingerprint density at radius 3 is 2.53 bits per heavy atom. The van der Waals surface area contributed by atoms with Crippen LogP contribution in [0.5, 0.6) is 0 Å². The molecule has 0 aliphatic carbocycles. The Morgan fingerprint density at radius 2 is 1.75 bits per heavy atom. The molecule has 0 saturated heterocycles. The molecule has 166 valence electrons. The first-order chi connectivity index (χ1) is 15.4. The fraction of sp³-hybridized carbons (Fsp3) is 0.292. The minimum absolute atomic E-state index is 0.00293. The summed E-state index contributed by atoms with van der Waals surface area (Å²) in [6.07, 6.45) is 1.22. The van der Waals surface area contributed by atoms with Gasteiger partial charge in [0.25, 0.3) is 0 Å². The van der Waals surface area contributed by atoms with Gasteiger partial charge in [-0.05, 0) is 56.5 Å². The van der Waals surface area contributed by atoms with Crippen LogP contribution >= 0.6 is 0 Å². The largest absolute Gasteiger partial charge is 0.356 e. The summed E-state index contributed by atoms with van der Waals surface area (Å²) in [5.41, 5.74) is 4.59. The van der Waals surface area contributed by atoms with Gasteiger partial charge >= 0.3 is 0 Å². The molecule has 0 aliphatic heterocycles. The van der Waals surface area contributed by atoms with E-state index in [2.05, 4.69) is 10.4 Å². The first-order valence-electron chi connectivity index (χ1n) is 10.6. The molecular weight excluding hydrogens is 424 g/mol. The fourth-order valence-electron chi connectivity index (χ4n) is 3.90. The topological polar surface area (TPSA) is 93.4 Å². The van der Waals surface area contributed by atoms with E-state index < -0.39 is 9.84 Å². The Labute approximate surface area is 187 Å². The van der Waals surface area contributed by atoms with Crippen LogP contribution in [0.2, 0.25) is 0 Å². The normalized spacial score (nSPS) is 11.8. The number of carbonyl (C=O) groups is 1. The van der Waals surface area contributed by atoms with E-state index in [4.69, 9.17) is 4.98 Å². The van der Waals surface area contributed by atoms with Crippen molar-refractivity contribution in [3.63, 3.8) is 0 Å². The highest BCUT2D eigenvalue weighted by Gasteiger charge is 2.16. The van der Waals surface area contributed by atoms with Gasteiger partial charge in [0.1, 0.15) is 0 Å². The lowest BCUT2D eigenvalue weighted by Gasteiger charge is -2.11. The van der Waals surface area contributed by atoms with Gasteiger partial charge in [-0.25, -0.2) is 17.9 Å². The number of nitrogens with one attached hydrogen (secondary N) is 1. The van der Waals surface area contributed by atoms with Crippen LogP contribution in [0.1, 0.15) is 29.8 Å². The van der Waals surface area contributed by atoms with Crippen LogP contribution in [0.3, 0.4) is 0 Å². The van der Waals surface area contributed by atoms with Gasteiger partial charge in [0.2, 0.25) is 5.91 Å². The average Bonchev–Trinajstić information content (AvgIpc) is 3.16. The monoisotopic (exact) mass is 450 g/mol. The third-order valence-electron chi connectivity index (χ3n) is 5.63. The average molecular weight is 451 g/mol. The molecule has 8 heteroatoms. The number of sulfone groups is 1. The highest BCUT2D eigenvalue weighted by atomic mass is 32.2. The zero-order chi connectivity index (χ0) is 22.7. The molecule has 0 aliphatic rings. The zero-order valence-corrected chi connectivity index (χ0v) is 19.0. The van der Waals surface area contributed by atoms with Gasteiger partial charge in [-0.15, -0.1) is 0 Å². The van der Waals surface area contributed by atoms with Crippen LogP contribution in [0.15, 0.2) is 59.5 Å². The van der Waals surface area contributed by atoms with E-state index in [1.165, 1.54) is 0 Å². The minimum Gasteiger partial charge on any atom is -0.356 e. The number of nitrogens with zero attached hydrogens (tertiary/aromatic N) is 3. The SMILES string of the molecule is Cc1nc2c3ccccc3nn2c(C)c1CCC(=O)NCCCS(=O)(=O)c1ccccc1. The van der Waals surface area contributed by atoms with Gasteiger partial charge in [-0.3, -0.25) is 4.79 Å². The molecule has 0 spiro atoms. The molecule has 7 nitrogen and oxygen atoms in total. The first-order valence-corrected chi connectivity index (χ1v) is 12.3. The first kappa shape index (κ1) is 22.0. The van der Waals surface area contributed by atoms with E-state index in [9.17, 15) is 13.2 Å². The fourth-order valence-corrected chi connectivity index (χ4v) is 5.23. The predicted molar refractivity (Wildman–Crippen MR) is 124 cm³/mol. The summed E-state index contributed by atoms with van der Waals surface area (Å²) in [7, 11) is -3.33. The van der Waals surface area contributed by atoms with Crippen LogP contribution in [0.25, 0.3) is 16.6 Å². The second kappa shape index (κ2) is 9.08. The predicted octanol–water partition coefficient (Wildman–Crippen LogP) is 3.41. The van der Waals surface area contributed by atoms with Gasteiger partial charge < -0.3 is 5.32 Å².